The number of benzene rings is 1. The van der Waals surface area contributed by atoms with Crippen molar-refractivity contribution >= 4 is 23.4 Å². The van der Waals surface area contributed by atoms with E-state index in [0.717, 1.165) is 5.69 Å². The monoisotopic (exact) mass is 447 g/mol. The first-order valence-corrected chi connectivity index (χ1v) is 11.2. The predicted octanol–water partition coefficient (Wildman–Crippen LogP) is 3.19. The summed E-state index contributed by atoms with van der Waals surface area (Å²) in [5.41, 5.74) is -0.104. The van der Waals surface area contributed by atoms with Crippen LogP contribution in [-0.4, -0.2) is 55.7 Å². The molecule has 178 valence electrons. The van der Waals surface area contributed by atoms with Gasteiger partial charge in [0, 0.05) is 32.1 Å². The second-order valence-electron chi connectivity index (χ2n) is 10.0. The van der Waals surface area contributed by atoms with E-state index in [1.165, 1.54) is 6.92 Å². The lowest BCUT2D eigenvalue weighted by Crippen LogP contribution is -2.55. The third kappa shape index (κ3) is 6.09. The topological polar surface area (TPSA) is 93.1 Å². The number of hydrogen-bond donors (Lipinski definition) is 1. The van der Waals surface area contributed by atoms with Crippen LogP contribution in [0.2, 0.25) is 0 Å². The molecule has 0 radical (unpaired) electrons. The van der Waals surface area contributed by atoms with Crippen molar-refractivity contribution in [3.8, 4) is 0 Å². The second-order valence-corrected chi connectivity index (χ2v) is 10.0. The molecular formula is C25H37NO6. The van der Waals surface area contributed by atoms with Gasteiger partial charge < -0.3 is 19.5 Å². The average Bonchev–Trinajstić information content (AvgIpc) is 2.69. The maximum atomic E-state index is 13.2. The van der Waals surface area contributed by atoms with Crippen LogP contribution in [0, 0.1) is 23.7 Å². The lowest BCUT2D eigenvalue weighted by atomic mass is 9.61. The lowest BCUT2D eigenvalue weighted by molar-refractivity contribution is -0.173. The molecule has 0 unspecified atom stereocenters. The summed E-state index contributed by atoms with van der Waals surface area (Å²) in [6.07, 6.45) is -0.317. The van der Waals surface area contributed by atoms with Crippen LogP contribution in [0.5, 0.6) is 0 Å². The van der Waals surface area contributed by atoms with Crippen LogP contribution in [0.15, 0.2) is 24.3 Å². The van der Waals surface area contributed by atoms with E-state index in [1.54, 1.807) is 12.1 Å². The first-order valence-electron chi connectivity index (χ1n) is 11.2. The number of carbonyl (C=O) groups excluding carboxylic acids is 3. The first kappa shape index (κ1) is 25.8. The zero-order chi connectivity index (χ0) is 24.2. The number of hydrogen-bond acceptors (Lipinski definition) is 7. The minimum Gasteiger partial charge on any atom is -0.465 e. The smallest absolute Gasteiger partial charge is 0.317 e. The van der Waals surface area contributed by atoms with E-state index in [0.29, 0.717) is 5.56 Å². The zero-order valence-corrected chi connectivity index (χ0v) is 20.3. The molecule has 2 rings (SSSR count). The number of aliphatic hydroxyl groups is 1. The summed E-state index contributed by atoms with van der Waals surface area (Å²) in [6, 6.07) is 7.30. The molecular weight excluding hydrogens is 410 g/mol. The molecule has 1 saturated carbocycles. The molecule has 0 aliphatic heterocycles. The van der Waals surface area contributed by atoms with Crippen molar-refractivity contribution < 1.29 is 29.0 Å². The normalized spacial score (nSPS) is 25.7. The van der Waals surface area contributed by atoms with Gasteiger partial charge in [0.1, 0.15) is 5.92 Å². The molecule has 4 atom stereocenters. The van der Waals surface area contributed by atoms with Crippen LogP contribution in [-0.2, 0) is 23.9 Å². The Balaban J connectivity index is 2.54. The van der Waals surface area contributed by atoms with Crippen LogP contribution < -0.4 is 4.90 Å². The Hall–Kier alpha value is -2.41. The van der Waals surface area contributed by atoms with Crippen molar-refractivity contribution in [3.63, 3.8) is 0 Å². The van der Waals surface area contributed by atoms with Gasteiger partial charge in [-0.1, -0.05) is 39.8 Å². The van der Waals surface area contributed by atoms with Gasteiger partial charge in [0.05, 0.1) is 24.7 Å². The van der Waals surface area contributed by atoms with Crippen molar-refractivity contribution in [3.05, 3.63) is 29.8 Å². The standard InChI is InChI=1S/C25H37NO6/c1-15(2)13-31-23(28)21-19(27)12-25(5,30)22(24(29)32-14-16(3)4)20(21)17-8-10-18(11-9-17)26(6)7/h8-11,15-16,20-22,30H,12-14H2,1-7H3/t20-,21-,22+,25-/m1/s1. The molecule has 0 amide bonds. The van der Waals surface area contributed by atoms with Crippen molar-refractivity contribution in [2.45, 2.75) is 52.6 Å². The molecule has 0 saturated heterocycles. The Morgan fingerprint density at radius 1 is 1.03 bits per heavy atom. The van der Waals surface area contributed by atoms with E-state index in [9.17, 15) is 19.5 Å². The Bertz CT molecular complexity index is 812. The Morgan fingerprint density at radius 2 is 1.53 bits per heavy atom. The maximum absolute atomic E-state index is 13.2. The number of Topliss-reactive ketones (excluding diaryl/α,β-unsaturated/α-hetero) is 1. The van der Waals surface area contributed by atoms with Gasteiger partial charge in [-0.15, -0.1) is 0 Å². The van der Waals surface area contributed by atoms with Crippen molar-refractivity contribution in [2.24, 2.45) is 23.7 Å². The molecule has 7 heteroatoms. The fourth-order valence-corrected chi connectivity index (χ4v) is 4.09. The lowest BCUT2D eigenvalue weighted by Gasteiger charge is -2.43. The third-order valence-corrected chi connectivity index (χ3v) is 5.69. The minimum atomic E-state index is -1.65. The number of rotatable bonds is 8. The Labute approximate surface area is 191 Å². The second kappa shape index (κ2) is 10.5. The van der Waals surface area contributed by atoms with Crippen molar-refractivity contribution in [1.82, 2.24) is 0 Å². The summed E-state index contributed by atoms with van der Waals surface area (Å²) < 4.78 is 10.9. The number of nitrogens with zero attached hydrogens (tertiary/aromatic N) is 1. The van der Waals surface area contributed by atoms with Crippen molar-refractivity contribution in [2.75, 3.05) is 32.2 Å². The first-order chi connectivity index (χ1) is 14.8. The number of carbonyl (C=O) groups is 3. The summed E-state index contributed by atoms with van der Waals surface area (Å²) in [6.45, 7) is 9.47. The molecule has 1 N–H and O–H groups in total. The van der Waals surface area contributed by atoms with Gasteiger partial charge in [-0.25, -0.2) is 0 Å². The molecule has 1 aromatic rings. The highest BCUT2D eigenvalue weighted by Gasteiger charge is 2.57. The van der Waals surface area contributed by atoms with E-state index < -0.39 is 41.1 Å². The number of ether oxygens (including phenoxy) is 2. The summed E-state index contributed by atoms with van der Waals surface area (Å²) in [7, 11) is 3.81. The molecule has 1 aliphatic carbocycles. The number of esters is 2. The summed E-state index contributed by atoms with van der Waals surface area (Å²) >= 11 is 0. The minimum absolute atomic E-state index is 0.102. The molecule has 1 fully saturated rings. The highest BCUT2D eigenvalue weighted by molar-refractivity contribution is 6.02. The zero-order valence-electron chi connectivity index (χ0n) is 20.3. The Morgan fingerprint density at radius 3 is 2.00 bits per heavy atom. The van der Waals surface area contributed by atoms with Crippen LogP contribution in [0.1, 0.15) is 52.5 Å². The average molecular weight is 448 g/mol. The van der Waals surface area contributed by atoms with Gasteiger partial charge in [-0.3, -0.25) is 14.4 Å². The van der Waals surface area contributed by atoms with Crippen molar-refractivity contribution in [1.29, 1.82) is 0 Å². The van der Waals surface area contributed by atoms with Gasteiger partial charge >= 0.3 is 11.9 Å². The molecule has 0 spiro atoms. The van der Waals surface area contributed by atoms with Crippen LogP contribution in [0.25, 0.3) is 0 Å². The quantitative estimate of drug-likeness (QED) is 0.483. The van der Waals surface area contributed by atoms with Crippen LogP contribution in [0.4, 0.5) is 5.69 Å². The molecule has 1 aromatic carbocycles. The fraction of sp³-hybridized carbons (Fsp3) is 0.640. The van der Waals surface area contributed by atoms with Crippen LogP contribution >= 0.6 is 0 Å². The number of anilines is 1. The van der Waals surface area contributed by atoms with E-state index in [1.807, 2.05) is 58.8 Å². The predicted molar refractivity (Wildman–Crippen MR) is 122 cm³/mol. The molecule has 32 heavy (non-hydrogen) atoms. The molecule has 0 heterocycles. The van der Waals surface area contributed by atoms with E-state index in [2.05, 4.69) is 0 Å². The largest absolute Gasteiger partial charge is 0.465 e. The van der Waals surface area contributed by atoms with E-state index in [4.69, 9.17) is 9.47 Å². The van der Waals surface area contributed by atoms with Crippen LogP contribution in [0.3, 0.4) is 0 Å². The molecule has 0 bridgehead atoms. The maximum Gasteiger partial charge on any atom is 0.317 e. The molecule has 0 aromatic heterocycles. The molecule has 7 nitrogen and oxygen atoms in total. The summed E-state index contributed by atoms with van der Waals surface area (Å²) in [4.78, 5) is 41.2. The Kier molecular flexibility index (Phi) is 8.46. The fourth-order valence-electron chi connectivity index (χ4n) is 4.09. The van der Waals surface area contributed by atoms with E-state index >= 15 is 0 Å². The van der Waals surface area contributed by atoms with Gasteiger partial charge in [0.15, 0.2) is 5.78 Å². The van der Waals surface area contributed by atoms with Gasteiger partial charge in [-0.05, 0) is 36.5 Å². The number of ketones is 1. The van der Waals surface area contributed by atoms with Gasteiger partial charge in [0.25, 0.3) is 0 Å². The highest BCUT2D eigenvalue weighted by Crippen LogP contribution is 2.47. The summed E-state index contributed by atoms with van der Waals surface area (Å²) in [5, 5.41) is 11.2. The van der Waals surface area contributed by atoms with Gasteiger partial charge in [0.2, 0.25) is 0 Å². The molecule has 1 aliphatic rings. The third-order valence-electron chi connectivity index (χ3n) is 5.69. The summed E-state index contributed by atoms with van der Waals surface area (Å²) in [5.74, 6) is -4.65. The van der Waals surface area contributed by atoms with E-state index in [-0.39, 0.29) is 31.5 Å². The van der Waals surface area contributed by atoms with Gasteiger partial charge in [-0.2, -0.15) is 0 Å². The SMILES string of the molecule is CC(C)COC(=O)[C@@H]1C(=O)C[C@@](C)(O)[C@H](C(=O)OCC(C)C)[C@@H]1c1ccc(N(C)C)cc1. The highest BCUT2D eigenvalue weighted by atomic mass is 16.5.